The summed E-state index contributed by atoms with van der Waals surface area (Å²) in [5.74, 6) is -0.123. The Balaban J connectivity index is 1.91. The Hall–Kier alpha value is -2.31. The molecule has 0 spiro atoms. The van der Waals surface area contributed by atoms with E-state index in [9.17, 15) is 9.59 Å². The standard InChI is InChI=1S/C14H6ClN3O2S/c15-14-16-8(5-21-14)13-17-9-10(18-13)12(20)7-4-2-1-3-6(7)11(9)19/h1-5H,(H,17,18). The molecule has 1 aliphatic carbocycles. The van der Waals surface area contributed by atoms with Crippen molar-refractivity contribution in [2.45, 2.75) is 0 Å². The quantitative estimate of drug-likeness (QED) is 0.586. The Bertz CT molecular complexity index is 860. The van der Waals surface area contributed by atoms with Crippen molar-refractivity contribution in [3.63, 3.8) is 0 Å². The first-order valence-electron chi connectivity index (χ1n) is 6.05. The van der Waals surface area contributed by atoms with E-state index in [-0.39, 0.29) is 23.0 Å². The van der Waals surface area contributed by atoms with Crippen LogP contribution in [0.1, 0.15) is 32.1 Å². The monoisotopic (exact) mass is 315 g/mol. The van der Waals surface area contributed by atoms with Crippen LogP contribution in [-0.4, -0.2) is 26.5 Å². The molecule has 0 unspecified atom stereocenters. The highest BCUT2D eigenvalue weighted by Crippen LogP contribution is 2.29. The van der Waals surface area contributed by atoms with Crippen molar-refractivity contribution in [2.75, 3.05) is 0 Å². The van der Waals surface area contributed by atoms with Crippen molar-refractivity contribution in [1.29, 1.82) is 0 Å². The SMILES string of the molecule is O=C1c2ccccc2C(=O)c2[nH]c(-c3csc(Cl)n3)nc21. The van der Waals surface area contributed by atoms with Crippen molar-refractivity contribution in [2.24, 2.45) is 0 Å². The summed E-state index contributed by atoms with van der Waals surface area (Å²) < 4.78 is 0.375. The van der Waals surface area contributed by atoms with Gasteiger partial charge in [-0.2, -0.15) is 0 Å². The van der Waals surface area contributed by atoms with E-state index in [0.717, 1.165) is 0 Å². The lowest BCUT2D eigenvalue weighted by Crippen LogP contribution is -2.20. The normalized spacial score (nSPS) is 13.2. The molecule has 7 heteroatoms. The van der Waals surface area contributed by atoms with Gasteiger partial charge in [0.1, 0.15) is 17.1 Å². The Morgan fingerprint density at radius 2 is 1.76 bits per heavy atom. The molecule has 0 aliphatic heterocycles. The van der Waals surface area contributed by atoms with Gasteiger partial charge in [0, 0.05) is 16.5 Å². The van der Waals surface area contributed by atoms with Gasteiger partial charge in [0.25, 0.3) is 0 Å². The fraction of sp³-hybridized carbons (Fsp3) is 0. The number of hydrogen-bond acceptors (Lipinski definition) is 5. The van der Waals surface area contributed by atoms with E-state index in [1.54, 1.807) is 29.6 Å². The number of halogens is 1. The van der Waals surface area contributed by atoms with Gasteiger partial charge < -0.3 is 4.98 Å². The lowest BCUT2D eigenvalue weighted by molar-refractivity contribution is 0.0974. The number of aromatic nitrogens is 3. The molecule has 102 valence electrons. The molecule has 3 aromatic rings. The number of fused-ring (bicyclic) bond motifs is 2. The first kappa shape index (κ1) is 12.4. The van der Waals surface area contributed by atoms with Crippen LogP contribution in [0.3, 0.4) is 0 Å². The number of imidazole rings is 1. The maximum absolute atomic E-state index is 12.4. The van der Waals surface area contributed by atoms with Crippen LogP contribution < -0.4 is 0 Å². The largest absolute Gasteiger partial charge is 0.333 e. The van der Waals surface area contributed by atoms with E-state index < -0.39 is 0 Å². The van der Waals surface area contributed by atoms with Gasteiger partial charge in [-0.3, -0.25) is 9.59 Å². The van der Waals surface area contributed by atoms with Gasteiger partial charge in [-0.05, 0) is 0 Å². The van der Waals surface area contributed by atoms with Crippen molar-refractivity contribution in [3.05, 3.63) is 56.6 Å². The van der Waals surface area contributed by atoms with Crippen LogP contribution in [0, 0.1) is 0 Å². The maximum atomic E-state index is 12.4. The molecule has 0 saturated heterocycles. The van der Waals surface area contributed by atoms with Gasteiger partial charge in [0.05, 0.1) is 0 Å². The number of carbonyl (C=O) groups excluding carboxylic acids is 2. The van der Waals surface area contributed by atoms with Crippen molar-refractivity contribution >= 4 is 34.5 Å². The number of ketones is 2. The molecule has 2 heterocycles. The average Bonchev–Trinajstić information content (AvgIpc) is 3.11. The molecule has 0 saturated carbocycles. The molecule has 2 aromatic heterocycles. The smallest absolute Gasteiger partial charge is 0.214 e. The lowest BCUT2D eigenvalue weighted by atomic mass is 9.90. The van der Waals surface area contributed by atoms with E-state index in [4.69, 9.17) is 11.6 Å². The summed E-state index contributed by atoms with van der Waals surface area (Å²) >= 11 is 7.06. The molecule has 1 aromatic carbocycles. The van der Waals surface area contributed by atoms with Crippen LogP contribution in [0.15, 0.2) is 29.6 Å². The Morgan fingerprint density at radius 1 is 1.05 bits per heavy atom. The molecular weight excluding hydrogens is 310 g/mol. The van der Waals surface area contributed by atoms with Crippen LogP contribution in [0.25, 0.3) is 11.5 Å². The number of hydrogen-bond donors (Lipinski definition) is 1. The number of nitrogens with one attached hydrogen (secondary N) is 1. The second kappa shape index (κ2) is 4.34. The molecule has 0 amide bonds. The predicted octanol–water partition coefficient (Wildman–Crippen LogP) is 2.96. The van der Waals surface area contributed by atoms with Gasteiger partial charge in [0.2, 0.25) is 11.6 Å². The number of nitrogens with zero attached hydrogens (tertiary/aromatic N) is 2. The number of rotatable bonds is 1. The van der Waals surface area contributed by atoms with Crippen LogP contribution >= 0.6 is 22.9 Å². The Morgan fingerprint density at radius 3 is 2.43 bits per heavy atom. The highest BCUT2D eigenvalue weighted by molar-refractivity contribution is 7.14. The fourth-order valence-electron chi connectivity index (χ4n) is 2.33. The predicted molar refractivity (Wildman–Crippen MR) is 78.0 cm³/mol. The second-order valence-electron chi connectivity index (χ2n) is 4.50. The van der Waals surface area contributed by atoms with E-state index in [1.165, 1.54) is 11.3 Å². The third-order valence-corrected chi connectivity index (χ3v) is 4.26. The third-order valence-electron chi connectivity index (χ3n) is 3.28. The maximum Gasteiger partial charge on any atom is 0.214 e. The first-order chi connectivity index (χ1) is 10.1. The number of aromatic amines is 1. The lowest BCUT2D eigenvalue weighted by Gasteiger charge is -2.11. The van der Waals surface area contributed by atoms with Crippen LogP contribution in [0.5, 0.6) is 0 Å². The zero-order chi connectivity index (χ0) is 14.6. The first-order valence-corrected chi connectivity index (χ1v) is 7.31. The van der Waals surface area contributed by atoms with Crippen molar-refractivity contribution < 1.29 is 9.59 Å². The van der Waals surface area contributed by atoms with Crippen molar-refractivity contribution in [3.8, 4) is 11.5 Å². The topological polar surface area (TPSA) is 75.7 Å². The molecule has 0 bridgehead atoms. The number of H-pyrrole nitrogens is 1. The molecular formula is C14H6ClN3O2S. The highest BCUT2D eigenvalue weighted by Gasteiger charge is 2.33. The van der Waals surface area contributed by atoms with Gasteiger partial charge in [-0.15, -0.1) is 11.3 Å². The zero-order valence-corrected chi connectivity index (χ0v) is 12.0. The Labute approximate surface area is 127 Å². The summed E-state index contributed by atoms with van der Waals surface area (Å²) in [4.78, 5) is 36.1. The Kier molecular flexibility index (Phi) is 2.57. The summed E-state index contributed by atoms with van der Waals surface area (Å²) in [7, 11) is 0. The third kappa shape index (κ3) is 1.76. The van der Waals surface area contributed by atoms with Gasteiger partial charge in [0.15, 0.2) is 10.3 Å². The number of carbonyl (C=O) groups is 2. The molecule has 1 aliphatic rings. The molecule has 5 nitrogen and oxygen atoms in total. The minimum absolute atomic E-state index is 0.137. The van der Waals surface area contributed by atoms with Gasteiger partial charge >= 0.3 is 0 Å². The van der Waals surface area contributed by atoms with Crippen LogP contribution in [-0.2, 0) is 0 Å². The van der Waals surface area contributed by atoms with Crippen LogP contribution in [0.4, 0.5) is 0 Å². The van der Waals surface area contributed by atoms with Gasteiger partial charge in [-0.1, -0.05) is 35.9 Å². The highest BCUT2D eigenvalue weighted by atomic mass is 35.5. The van der Waals surface area contributed by atoms with Crippen LogP contribution in [0.2, 0.25) is 4.47 Å². The number of thiazole rings is 1. The van der Waals surface area contributed by atoms with Crippen molar-refractivity contribution in [1.82, 2.24) is 15.0 Å². The van der Waals surface area contributed by atoms with E-state index in [2.05, 4.69) is 15.0 Å². The van der Waals surface area contributed by atoms with E-state index in [0.29, 0.717) is 27.1 Å². The fourth-order valence-corrected chi connectivity index (χ4v) is 3.07. The summed E-state index contributed by atoms with van der Waals surface area (Å²) in [5.41, 5.74) is 1.63. The second-order valence-corrected chi connectivity index (χ2v) is 5.94. The summed E-state index contributed by atoms with van der Waals surface area (Å²) in [6, 6.07) is 6.72. The summed E-state index contributed by atoms with van der Waals surface area (Å²) in [6.07, 6.45) is 0. The summed E-state index contributed by atoms with van der Waals surface area (Å²) in [5, 5.41) is 1.72. The van der Waals surface area contributed by atoms with E-state index >= 15 is 0 Å². The summed E-state index contributed by atoms with van der Waals surface area (Å²) in [6.45, 7) is 0. The average molecular weight is 316 g/mol. The minimum atomic E-state index is -0.260. The molecule has 4 rings (SSSR count). The van der Waals surface area contributed by atoms with E-state index in [1.807, 2.05) is 0 Å². The number of benzene rings is 1. The molecule has 21 heavy (non-hydrogen) atoms. The molecule has 1 N–H and O–H groups in total. The molecule has 0 atom stereocenters. The van der Waals surface area contributed by atoms with Gasteiger partial charge in [-0.25, -0.2) is 9.97 Å². The molecule has 0 radical (unpaired) electrons. The minimum Gasteiger partial charge on any atom is -0.333 e. The molecule has 0 fully saturated rings. The zero-order valence-electron chi connectivity index (χ0n) is 10.4.